The fraction of sp³-hybridized carbons (Fsp3) is 0.273. The number of likely N-dealkylation sites (N-methyl/N-ethyl adjacent to an activating group) is 1. The van der Waals surface area contributed by atoms with Crippen LogP contribution < -0.4 is 0 Å². The lowest BCUT2D eigenvalue weighted by Crippen LogP contribution is -2.42. The van der Waals surface area contributed by atoms with Crippen LogP contribution in [0.25, 0.3) is 0 Å². The highest BCUT2D eigenvalue weighted by atomic mass is 16.5. The standard InChI is InChI=1S/C22H26NO3/c1-5-21(24)26-14-13-23(3,4)16-20-15-19(12-11-17(20)2)22(25)18-9-7-6-8-10-18/h5-12,15H,1,13-14,16H2,2-4H3/q+1. The molecule has 0 amide bonds. The number of carbonyl (C=O) groups is 2. The van der Waals surface area contributed by atoms with Gasteiger partial charge in [0.25, 0.3) is 0 Å². The lowest BCUT2D eigenvalue weighted by atomic mass is 9.98. The molecule has 0 bridgehead atoms. The van der Waals surface area contributed by atoms with Crippen molar-refractivity contribution in [2.24, 2.45) is 0 Å². The van der Waals surface area contributed by atoms with Gasteiger partial charge < -0.3 is 9.22 Å². The number of carbonyl (C=O) groups excluding carboxylic acids is 2. The third kappa shape index (κ3) is 5.39. The Morgan fingerprint density at radius 2 is 1.77 bits per heavy atom. The van der Waals surface area contributed by atoms with E-state index in [1.165, 1.54) is 6.08 Å². The van der Waals surface area contributed by atoms with E-state index < -0.39 is 5.97 Å². The van der Waals surface area contributed by atoms with Crippen LogP contribution in [0.1, 0.15) is 27.0 Å². The third-order valence-corrected chi connectivity index (χ3v) is 4.35. The van der Waals surface area contributed by atoms with Crippen LogP contribution in [0.15, 0.2) is 61.2 Å². The number of aryl methyl sites for hydroxylation is 1. The fourth-order valence-electron chi connectivity index (χ4n) is 2.73. The van der Waals surface area contributed by atoms with Gasteiger partial charge in [-0.05, 0) is 18.6 Å². The molecule has 4 heteroatoms. The first-order valence-corrected chi connectivity index (χ1v) is 8.63. The molecule has 0 fully saturated rings. The molecule has 0 saturated carbocycles. The van der Waals surface area contributed by atoms with Crippen molar-refractivity contribution in [3.05, 3.63) is 83.4 Å². The monoisotopic (exact) mass is 352 g/mol. The summed E-state index contributed by atoms with van der Waals surface area (Å²) in [7, 11) is 4.15. The summed E-state index contributed by atoms with van der Waals surface area (Å²) in [6.07, 6.45) is 1.17. The summed E-state index contributed by atoms with van der Waals surface area (Å²) in [4.78, 5) is 23.9. The van der Waals surface area contributed by atoms with E-state index >= 15 is 0 Å². The van der Waals surface area contributed by atoms with Crippen LogP contribution >= 0.6 is 0 Å². The maximum Gasteiger partial charge on any atom is 0.330 e. The smallest absolute Gasteiger partial charge is 0.330 e. The van der Waals surface area contributed by atoms with Crippen molar-refractivity contribution in [2.45, 2.75) is 13.5 Å². The predicted molar refractivity (Wildman–Crippen MR) is 103 cm³/mol. The van der Waals surface area contributed by atoms with Crippen LogP contribution in [0, 0.1) is 6.92 Å². The Kier molecular flexibility index (Phi) is 6.47. The fourth-order valence-corrected chi connectivity index (χ4v) is 2.73. The molecule has 0 N–H and O–H groups in total. The Hall–Kier alpha value is -2.72. The molecule has 0 aromatic heterocycles. The molecule has 2 rings (SSSR count). The molecular formula is C22H26NO3+. The second-order valence-corrected chi connectivity index (χ2v) is 7.03. The third-order valence-electron chi connectivity index (χ3n) is 4.35. The summed E-state index contributed by atoms with van der Waals surface area (Å²) in [5, 5.41) is 0. The second-order valence-electron chi connectivity index (χ2n) is 7.03. The predicted octanol–water partition coefficient (Wildman–Crippen LogP) is 3.53. The van der Waals surface area contributed by atoms with Gasteiger partial charge in [-0.3, -0.25) is 4.79 Å². The normalized spacial score (nSPS) is 11.0. The van der Waals surface area contributed by atoms with Gasteiger partial charge in [0.2, 0.25) is 0 Å². The van der Waals surface area contributed by atoms with Crippen molar-refractivity contribution in [1.29, 1.82) is 0 Å². The number of hydrogen-bond acceptors (Lipinski definition) is 3. The van der Waals surface area contributed by atoms with Crippen molar-refractivity contribution in [3.63, 3.8) is 0 Å². The Morgan fingerprint density at radius 1 is 1.08 bits per heavy atom. The van der Waals surface area contributed by atoms with Gasteiger partial charge in [0, 0.05) is 22.8 Å². The van der Waals surface area contributed by atoms with Gasteiger partial charge in [-0.15, -0.1) is 0 Å². The lowest BCUT2D eigenvalue weighted by Gasteiger charge is -2.30. The zero-order chi connectivity index (χ0) is 19.2. The van der Waals surface area contributed by atoms with Gasteiger partial charge in [0.1, 0.15) is 19.7 Å². The van der Waals surface area contributed by atoms with E-state index in [1.807, 2.05) is 55.5 Å². The summed E-state index contributed by atoms with van der Waals surface area (Å²) in [5.74, 6) is -0.381. The number of nitrogens with zero attached hydrogens (tertiary/aromatic N) is 1. The average Bonchev–Trinajstić information content (AvgIpc) is 2.63. The molecule has 0 heterocycles. The molecule has 2 aromatic rings. The van der Waals surface area contributed by atoms with E-state index in [2.05, 4.69) is 20.7 Å². The number of ketones is 1. The minimum atomic E-state index is -0.406. The molecule has 0 unspecified atom stereocenters. The quantitative estimate of drug-likeness (QED) is 0.316. The summed E-state index contributed by atoms with van der Waals surface area (Å²) in [5.41, 5.74) is 3.64. The number of ether oxygens (including phenoxy) is 1. The molecular weight excluding hydrogens is 326 g/mol. The van der Waals surface area contributed by atoms with E-state index in [1.54, 1.807) is 0 Å². The minimum absolute atomic E-state index is 0.0251. The largest absolute Gasteiger partial charge is 0.457 e. The topological polar surface area (TPSA) is 43.4 Å². The van der Waals surface area contributed by atoms with E-state index in [-0.39, 0.29) is 5.78 Å². The van der Waals surface area contributed by atoms with E-state index in [9.17, 15) is 9.59 Å². The van der Waals surface area contributed by atoms with Crippen LogP contribution in [-0.4, -0.2) is 43.5 Å². The van der Waals surface area contributed by atoms with Gasteiger partial charge in [-0.2, -0.15) is 0 Å². The number of esters is 1. The highest BCUT2D eigenvalue weighted by Crippen LogP contribution is 2.18. The van der Waals surface area contributed by atoms with Gasteiger partial charge in [0.15, 0.2) is 5.78 Å². The molecule has 0 aliphatic carbocycles. The van der Waals surface area contributed by atoms with E-state index in [0.717, 1.165) is 17.7 Å². The van der Waals surface area contributed by atoms with Crippen molar-refractivity contribution in [2.75, 3.05) is 27.2 Å². The molecule has 0 radical (unpaired) electrons. The Labute approximate surface area is 155 Å². The Balaban J connectivity index is 2.12. The number of hydrogen-bond donors (Lipinski definition) is 0. The van der Waals surface area contributed by atoms with Crippen LogP contribution in [-0.2, 0) is 16.1 Å². The molecule has 0 spiro atoms. The minimum Gasteiger partial charge on any atom is -0.457 e. The molecule has 0 aliphatic heterocycles. The van der Waals surface area contributed by atoms with Crippen molar-refractivity contribution in [1.82, 2.24) is 0 Å². The Bertz CT molecular complexity index is 794. The molecule has 136 valence electrons. The zero-order valence-corrected chi connectivity index (χ0v) is 15.7. The molecule has 26 heavy (non-hydrogen) atoms. The lowest BCUT2D eigenvalue weighted by molar-refractivity contribution is -0.903. The Morgan fingerprint density at radius 3 is 2.42 bits per heavy atom. The summed E-state index contributed by atoms with van der Waals surface area (Å²) in [6.45, 7) is 7.19. The van der Waals surface area contributed by atoms with Crippen LogP contribution in [0.4, 0.5) is 0 Å². The number of rotatable bonds is 8. The second kappa shape index (κ2) is 8.59. The van der Waals surface area contributed by atoms with E-state index in [0.29, 0.717) is 28.8 Å². The number of quaternary nitrogens is 1. The van der Waals surface area contributed by atoms with Crippen molar-refractivity contribution >= 4 is 11.8 Å². The van der Waals surface area contributed by atoms with Crippen molar-refractivity contribution in [3.8, 4) is 0 Å². The molecule has 2 aromatic carbocycles. The SMILES string of the molecule is C=CC(=O)OCC[N+](C)(C)Cc1cc(C(=O)c2ccccc2)ccc1C. The van der Waals surface area contributed by atoms with Gasteiger partial charge >= 0.3 is 5.97 Å². The van der Waals surface area contributed by atoms with Gasteiger partial charge in [-0.25, -0.2) is 4.79 Å². The maximum atomic E-state index is 12.7. The highest BCUT2D eigenvalue weighted by Gasteiger charge is 2.19. The first-order valence-electron chi connectivity index (χ1n) is 8.63. The highest BCUT2D eigenvalue weighted by molar-refractivity contribution is 6.09. The first kappa shape index (κ1) is 19.6. The average molecular weight is 352 g/mol. The van der Waals surface area contributed by atoms with Crippen LogP contribution in [0.3, 0.4) is 0 Å². The summed E-state index contributed by atoms with van der Waals surface area (Å²) >= 11 is 0. The summed E-state index contributed by atoms with van der Waals surface area (Å²) in [6, 6.07) is 15.1. The zero-order valence-electron chi connectivity index (χ0n) is 15.7. The summed E-state index contributed by atoms with van der Waals surface area (Å²) < 4.78 is 5.74. The van der Waals surface area contributed by atoms with E-state index in [4.69, 9.17) is 4.74 Å². The molecule has 4 nitrogen and oxygen atoms in total. The molecule has 0 aliphatic rings. The van der Waals surface area contributed by atoms with Crippen molar-refractivity contribution < 1.29 is 18.8 Å². The van der Waals surface area contributed by atoms with Gasteiger partial charge in [-0.1, -0.05) is 49.0 Å². The van der Waals surface area contributed by atoms with Gasteiger partial charge in [0.05, 0.1) is 14.1 Å². The first-order chi connectivity index (χ1) is 12.3. The molecule has 0 atom stereocenters. The van der Waals surface area contributed by atoms with Crippen LogP contribution in [0.5, 0.6) is 0 Å². The molecule has 0 saturated heterocycles. The number of benzene rings is 2. The maximum absolute atomic E-state index is 12.7. The van der Waals surface area contributed by atoms with Crippen LogP contribution in [0.2, 0.25) is 0 Å².